The van der Waals surface area contributed by atoms with Crippen LogP contribution in [0.4, 0.5) is 5.69 Å². The monoisotopic (exact) mass is 341 g/mol. The van der Waals surface area contributed by atoms with Gasteiger partial charge >= 0.3 is 0 Å². The quantitative estimate of drug-likeness (QED) is 0.439. The van der Waals surface area contributed by atoms with Crippen LogP contribution in [0.15, 0.2) is 47.6 Å². The van der Waals surface area contributed by atoms with Gasteiger partial charge in [-0.05, 0) is 43.7 Å². The van der Waals surface area contributed by atoms with Crippen LogP contribution < -0.4 is 20.6 Å². The van der Waals surface area contributed by atoms with Gasteiger partial charge in [0.15, 0.2) is 0 Å². The van der Waals surface area contributed by atoms with E-state index in [0.29, 0.717) is 24.7 Å². The number of ether oxygens (including phenoxy) is 2. The van der Waals surface area contributed by atoms with Crippen LogP contribution in [0, 0.1) is 0 Å². The van der Waals surface area contributed by atoms with Crippen molar-refractivity contribution in [2.75, 3.05) is 18.9 Å². The molecule has 25 heavy (non-hydrogen) atoms. The number of hydrogen-bond acceptors (Lipinski definition) is 5. The summed E-state index contributed by atoms with van der Waals surface area (Å²) in [7, 11) is 0. The first-order valence-electron chi connectivity index (χ1n) is 8.18. The molecule has 0 heterocycles. The van der Waals surface area contributed by atoms with Gasteiger partial charge in [-0.25, -0.2) is 5.43 Å². The van der Waals surface area contributed by atoms with Crippen LogP contribution in [0.25, 0.3) is 0 Å². The Hall–Kier alpha value is -3.02. The number of amides is 1. The smallest absolute Gasteiger partial charge is 0.244 e. The van der Waals surface area contributed by atoms with Gasteiger partial charge in [-0.2, -0.15) is 5.10 Å². The molecule has 0 atom stereocenters. The van der Waals surface area contributed by atoms with E-state index in [1.807, 2.05) is 44.2 Å². The largest absolute Gasteiger partial charge is 0.494 e. The van der Waals surface area contributed by atoms with Crippen LogP contribution in [-0.4, -0.2) is 25.3 Å². The Kier molecular flexibility index (Phi) is 6.83. The number of nitrogens with one attached hydrogen (secondary N) is 1. The summed E-state index contributed by atoms with van der Waals surface area (Å²) >= 11 is 0. The zero-order valence-electron chi connectivity index (χ0n) is 14.5. The highest BCUT2D eigenvalue weighted by atomic mass is 16.5. The molecule has 0 aliphatic rings. The molecule has 0 saturated carbocycles. The summed E-state index contributed by atoms with van der Waals surface area (Å²) < 4.78 is 11.1. The van der Waals surface area contributed by atoms with Crippen molar-refractivity contribution in [2.24, 2.45) is 5.10 Å². The van der Waals surface area contributed by atoms with Crippen LogP contribution in [0.5, 0.6) is 11.5 Å². The Labute approximate surface area is 147 Å². The third-order valence-electron chi connectivity index (χ3n) is 3.33. The second-order valence-electron chi connectivity index (χ2n) is 5.28. The molecule has 0 radical (unpaired) electrons. The topological polar surface area (TPSA) is 85.9 Å². The lowest BCUT2D eigenvalue weighted by Crippen LogP contribution is -2.19. The Morgan fingerprint density at radius 3 is 2.52 bits per heavy atom. The number of carbonyl (C=O) groups excluding carboxylic acids is 1. The van der Waals surface area contributed by atoms with Gasteiger partial charge in [0, 0.05) is 17.3 Å². The van der Waals surface area contributed by atoms with Crippen molar-refractivity contribution in [3.8, 4) is 11.5 Å². The molecule has 2 aromatic carbocycles. The first-order valence-corrected chi connectivity index (χ1v) is 8.18. The molecular weight excluding hydrogens is 318 g/mol. The van der Waals surface area contributed by atoms with Gasteiger partial charge in [0.2, 0.25) is 5.91 Å². The van der Waals surface area contributed by atoms with Crippen molar-refractivity contribution in [2.45, 2.75) is 20.3 Å². The van der Waals surface area contributed by atoms with E-state index in [4.69, 9.17) is 15.2 Å². The first-order chi connectivity index (χ1) is 12.1. The Morgan fingerprint density at radius 2 is 1.84 bits per heavy atom. The molecule has 132 valence electrons. The van der Waals surface area contributed by atoms with Crippen LogP contribution in [0.3, 0.4) is 0 Å². The van der Waals surface area contributed by atoms with Gasteiger partial charge in [-0.1, -0.05) is 12.1 Å². The molecule has 1 amide bonds. The molecule has 6 nitrogen and oxygen atoms in total. The number of nitrogens with two attached hydrogens (primary N) is 1. The van der Waals surface area contributed by atoms with Crippen LogP contribution in [0.1, 0.15) is 25.0 Å². The Bertz CT molecular complexity index is 727. The molecule has 6 heteroatoms. The van der Waals surface area contributed by atoms with Gasteiger partial charge in [0.05, 0.1) is 25.8 Å². The fourth-order valence-corrected chi connectivity index (χ4v) is 2.19. The van der Waals surface area contributed by atoms with Crippen molar-refractivity contribution < 1.29 is 14.3 Å². The predicted octanol–water partition coefficient (Wildman–Crippen LogP) is 2.76. The summed E-state index contributed by atoms with van der Waals surface area (Å²) in [6.07, 6.45) is 1.79. The van der Waals surface area contributed by atoms with Gasteiger partial charge in [0.25, 0.3) is 0 Å². The summed E-state index contributed by atoms with van der Waals surface area (Å²) in [5.74, 6) is 1.19. The van der Waals surface area contributed by atoms with E-state index in [2.05, 4.69) is 10.5 Å². The summed E-state index contributed by atoms with van der Waals surface area (Å²) in [5, 5.41) is 4.00. The molecule has 0 unspecified atom stereocenters. The summed E-state index contributed by atoms with van der Waals surface area (Å²) in [6.45, 7) is 4.94. The molecular formula is C19H23N3O3. The third kappa shape index (κ3) is 5.84. The lowest BCUT2D eigenvalue weighted by atomic mass is 10.1. The van der Waals surface area contributed by atoms with Crippen LogP contribution >= 0.6 is 0 Å². The van der Waals surface area contributed by atoms with E-state index in [1.54, 1.807) is 18.3 Å². The van der Waals surface area contributed by atoms with E-state index in [0.717, 1.165) is 16.9 Å². The number of hydrazone groups is 1. The first kappa shape index (κ1) is 18.3. The molecule has 0 aromatic heterocycles. The highest BCUT2D eigenvalue weighted by Gasteiger charge is 2.05. The molecule has 0 aliphatic carbocycles. The van der Waals surface area contributed by atoms with Crippen LogP contribution in [-0.2, 0) is 11.2 Å². The van der Waals surface area contributed by atoms with E-state index in [-0.39, 0.29) is 12.3 Å². The van der Waals surface area contributed by atoms with Crippen molar-refractivity contribution in [3.63, 3.8) is 0 Å². The van der Waals surface area contributed by atoms with Crippen molar-refractivity contribution in [1.29, 1.82) is 0 Å². The fraction of sp³-hybridized carbons (Fsp3) is 0.263. The number of benzene rings is 2. The SMILES string of the molecule is CCOc1ccc(/C=N\NC(=O)Cc2ccc(N)cc2)c(OCC)c1. The highest BCUT2D eigenvalue weighted by Crippen LogP contribution is 2.23. The second-order valence-corrected chi connectivity index (χ2v) is 5.28. The van der Waals surface area contributed by atoms with Crippen LogP contribution in [0.2, 0.25) is 0 Å². The lowest BCUT2D eigenvalue weighted by molar-refractivity contribution is -0.120. The molecule has 0 spiro atoms. The van der Waals surface area contributed by atoms with Gasteiger partial charge in [-0.15, -0.1) is 0 Å². The molecule has 2 rings (SSSR count). The second kappa shape index (κ2) is 9.32. The Balaban J connectivity index is 1.98. The maximum atomic E-state index is 11.9. The summed E-state index contributed by atoms with van der Waals surface area (Å²) in [6, 6.07) is 12.6. The number of hydrogen-bond donors (Lipinski definition) is 2. The lowest BCUT2D eigenvalue weighted by Gasteiger charge is -2.10. The van der Waals surface area contributed by atoms with Gasteiger partial charge < -0.3 is 15.2 Å². The highest BCUT2D eigenvalue weighted by molar-refractivity contribution is 5.86. The minimum atomic E-state index is -0.204. The number of carbonyl (C=O) groups is 1. The zero-order valence-corrected chi connectivity index (χ0v) is 14.5. The van der Waals surface area contributed by atoms with E-state index in [9.17, 15) is 4.79 Å². The minimum Gasteiger partial charge on any atom is -0.494 e. The zero-order chi connectivity index (χ0) is 18.1. The maximum Gasteiger partial charge on any atom is 0.244 e. The van der Waals surface area contributed by atoms with Gasteiger partial charge in [0.1, 0.15) is 11.5 Å². The standard InChI is InChI=1S/C19H23N3O3/c1-3-24-17-10-7-15(18(12-17)25-4-2)13-21-22-19(23)11-14-5-8-16(20)9-6-14/h5-10,12-13H,3-4,11,20H2,1-2H3,(H,22,23)/b21-13-. The Morgan fingerprint density at radius 1 is 1.12 bits per heavy atom. The number of rotatable bonds is 8. The number of nitrogen functional groups attached to an aromatic ring is 1. The van der Waals surface area contributed by atoms with Gasteiger partial charge in [-0.3, -0.25) is 4.79 Å². The maximum absolute atomic E-state index is 11.9. The molecule has 0 saturated heterocycles. The van der Waals surface area contributed by atoms with Crippen molar-refractivity contribution in [3.05, 3.63) is 53.6 Å². The molecule has 3 N–H and O–H groups in total. The third-order valence-corrected chi connectivity index (χ3v) is 3.33. The van der Waals surface area contributed by atoms with E-state index < -0.39 is 0 Å². The average molecular weight is 341 g/mol. The molecule has 0 fully saturated rings. The molecule has 0 bridgehead atoms. The fourth-order valence-electron chi connectivity index (χ4n) is 2.19. The van der Waals surface area contributed by atoms with E-state index in [1.165, 1.54) is 0 Å². The number of anilines is 1. The van der Waals surface area contributed by atoms with Crippen molar-refractivity contribution in [1.82, 2.24) is 5.43 Å². The van der Waals surface area contributed by atoms with E-state index >= 15 is 0 Å². The molecule has 2 aromatic rings. The minimum absolute atomic E-state index is 0.204. The normalized spacial score (nSPS) is 10.6. The number of nitrogens with zero attached hydrogens (tertiary/aromatic N) is 1. The summed E-state index contributed by atoms with van der Waals surface area (Å²) in [5.41, 5.74) is 10.4. The molecule has 0 aliphatic heterocycles. The van der Waals surface area contributed by atoms with Crippen molar-refractivity contribution >= 4 is 17.8 Å². The summed E-state index contributed by atoms with van der Waals surface area (Å²) in [4.78, 5) is 11.9. The predicted molar refractivity (Wildman–Crippen MR) is 99.1 cm³/mol. The average Bonchev–Trinajstić information content (AvgIpc) is 2.59.